The van der Waals surface area contributed by atoms with E-state index in [9.17, 15) is 0 Å². The minimum atomic E-state index is 1.29. The Bertz CT molecular complexity index is 993. The number of hydrogen-bond donors (Lipinski definition) is 0. The van der Waals surface area contributed by atoms with E-state index in [0.717, 1.165) is 0 Å². The van der Waals surface area contributed by atoms with Crippen LogP contribution in [0.5, 0.6) is 0 Å². The van der Waals surface area contributed by atoms with Crippen LogP contribution in [0, 0.1) is 13.8 Å². The van der Waals surface area contributed by atoms with Crippen LogP contribution >= 0.6 is 0 Å². The molecule has 0 radical (unpaired) electrons. The van der Waals surface area contributed by atoms with Crippen LogP contribution in [0.25, 0.3) is 32.7 Å². The maximum Gasteiger partial charge on any atom is -0.0103 e. The number of rotatable bonds is 1. The Morgan fingerprint density at radius 2 is 1.32 bits per heavy atom. The lowest BCUT2D eigenvalue weighted by Gasteiger charge is -2.11. The largest absolute Gasteiger partial charge is 0.0616 e. The second-order valence-electron chi connectivity index (χ2n) is 5.99. The third kappa shape index (κ3) is 2.00. The molecule has 0 saturated heterocycles. The van der Waals surface area contributed by atoms with Crippen molar-refractivity contribution in [3.05, 3.63) is 83.9 Å². The molecule has 0 aliphatic rings. The summed E-state index contributed by atoms with van der Waals surface area (Å²) in [7, 11) is 0. The van der Waals surface area contributed by atoms with Crippen LogP contribution in [0.15, 0.2) is 72.8 Å². The van der Waals surface area contributed by atoms with E-state index < -0.39 is 0 Å². The fraction of sp³-hybridized carbons (Fsp3) is 0.0909. The van der Waals surface area contributed by atoms with E-state index in [1.165, 1.54) is 43.8 Å². The Morgan fingerprint density at radius 3 is 2.18 bits per heavy atom. The second-order valence-corrected chi connectivity index (χ2v) is 5.99. The molecule has 0 nitrogen and oxygen atoms in total. The molecule has 4 aromatic carbocycles. The van der Waals surface area contributed by atoms with Gasteiger partial charge in [-0.15, -0.1) is 0 Å². The van der Waals surface area contributed by atoms with Gasteiger partial charge in [0.05, 0.1) is 0 Å². The number of benzene rings is 4. The van der Waals surface area contributed by atoms with Gasteiger partial charge in [-0.2, -0.15) is 0 Å². The van der Waals surface area contributed by atoms with Gasteiger partial charge in [-0.05, 0) is 63.7 Å². The topological polar surface area (TPSA) is 0 Å². The number of hydrogen-bond acceptors (Lipinski definition) is 0. The minimum Gasteiger partial charge on any atom is -0.0616 e. The molecule has 106 valence electrons. The van der Waals surface area contributed by atoms with Crippen LogP contribution in [-0.2, 0) is 0 Å². The van der Waals surface area contributed by atoms with Crippen molar-refractivity contribution in [2.75, 3.05) is 0 Å². The van der Waals surface area contributed by atoms with Crippen molar-refractivity contribution in [3.8, 4) is 11.1 Å². The first kappa shape index (κ1) is 13.1. The Labute approximate surface area is 131 Å². The Balaban J connectivity index is 2.01. The molecule has 0 aliphatic carbocycles. The third-order valence-electron chi connectivity index (χ3n) is 4.55. The van der Waals surface area contributed by atoms with Gasteiger partial charge in [0.2, 0.25) is 0 Å². The van der Waals surface area contributed by atoms with E-state index in [4.69, 9.17) is 0 Å². The fourth-order valence-electron chi connectivity index (χ4n) is 3.31. The molecule has 0 heteroatoms. The van der Waals surface area contributed by atoms with E-state index in [1.807, 2.05) is 0 Å². The summed E-state index contributed by atoms with van der Waals surface area (Å²) in [6, 6.07) is 26.4. The highest BCUT2D eigenvalue weighted by Gasteiger charge is 2.06. The highest BCUT2D eigenvalue weighted by Crippen LogP contribution is 2.32. The van der Waals surface area contributed by atoms with Gasteiger partial charge in [0.25, 0.3) is 0 Å². The van der Waals surface area contributed by atoms with Crippen molar-refractivity contribution in [2.24, 2.45) is 0 Å². The molecular weight excluding hydrogens is 264 g/mol. The van der Waals surface area contributed by atoms with Gasteiger partial charge in [-0.25, -0.2) is 0 Å². The van der Waals surface area contributed by atoms with Crippen LogP contribution < -0.4 is 0 Å². The smallest absolute Gasteiger partial charge is 0.0103 e. The summed E-state index contributed by atoms with van der Waals surface area (Å²) in [6.07, 6.45) is 0. The summed E-state index contributed by atoms with van der Waals surface area (Å²) >= 11 is 0. The molecule has 0 heterocycles. The molecule has 0 N–H and O–H groups in total. The molecule has 0 spiro atoms. The predicted molar refractivity (Wildman–Crippen MR) is 96.4 cm³/mol. The van der Waals surface area contributed by atoms with Crippen LogP contribution in [0.2, 0.25) is 0 Å². The number of fused-ring (bicyclic) bond motifs is 2. The SMILES string of the molecule is Cc1cccc2cc(-c3ccc(C)c4ccccc34)ccc12. The highest BCUT2D eigenvalue weighted by molar-refractivity contribution is 6.00. The van der Waals surface area contributed by atoms with E-state index in [0.29, 0.717) is 0 Å². The average Bonchev–Trinajstić information content (AvgIpc) is 2.55. The zero-order chi connectivity index (χ0) is 15.1. The first-order valence-corrected chi connectivity index (χ1v) is 7.72. The summed E-state index contributed by atoms with van der Waals surface area (Å²) in [5.74, 6) is 0. The number of aryl methyl sites for hydroxylation is 2. The first-order valence-electron chi connectivity index (χ1n) is 7.72. The summed E-state index contributed by atoms with van der Waals surface area (Å²) < 4.78 is 0. The molecule has 0 fully saturated rings. The summed E-state index contributed by atoms with van der Waals surface area (Å²) in [4.78, 5) is 0. The Kier molecular flexibility index (Phi) is 2.97. The average molecular weight is 282 g/mol. The normalized spacial score (nSPS) is 11.2. The van der Waals surface area contributed by atoms with Crippen molar-refractivity contribution < 1.29 is 0 Å². The molecule has 0 aromatic heterocycles. The van der Waals surface area contributed by atoms with Gasteiger partial charge in [0.1, 0.15) is 0 Å². The highest BCUT2D eigenvalue weighted by atomic mass is 14.1. The molecule has 0 atom stereocenters. The van der Waals surface area contributed by atoms with Crippen LogP contribution in [-0.4, -0.2) is 0 Å². The molecule has 0 bridgehead atoms. The zero-order valence-electron chi connectivity index (χ0n) is 12.9. The van der Waals surface area contributed by atoms with E-state index >= 15 is 0 Å². The van der Waals surface area contributed by atoms with Crippen LogP contribution in [0.1, 0.15) is 11.1 Å². The van der Waals surface area contributed by atoms with Crippen molar-refractivity contribution in [3.63, 3.8) is 0 Å². The van der Waals surface area contributed by atoms with Crippen LogP contribution in [0.4, 0.5) is 0 Å². The summed E-state index contributed by atoms with van der Waals surface area (Å²) in [5.41, 5.74) is 5.26. The molecule has 22 heavy (non-hydrogen) atoms. The lowest BCUT2D eigenvalue weighted by molar-refractivity contribution is 1.52. The Morgan fingerprint density at radius 1 is 0.545 bits per heavy atom. The van der Waals surface area contributed by atoms with Gasteiger partial charge in [0.15, 0.2) is 0 Å². The maximum atomic E-state index is 2.30. The predicted octanol–water partition coefficient (Wildman–Crippen LogP) is 6.28. The molecule has 4 rings (SSSR count). The standard InChI is InChI=1S/C22H18/c1-15-6-5-7-17-14-18(11-13-19(15)17)21-12-10-16(2)20-8-3-4-9-22(20)21/h3-14H,1-2H3. The Hall–Kier alpha value is -2.60. The second kappa shape index (κ2) is 4.99. The summed E-state index contributed by atoms with van der Waals surface area (Å²) in [6.45, 7) is 4.35. The molecule has 0 unspecified atom stereocenters. The van der Waals surface area contributed by atoms with E-state index in [1.54, 1.807) is 0 Å². The quantitative estimate of drug-likeness (QED) is 0.385. The fourth-order valence-corrected chi connectivity index (χ4v) is 3.31. The van der Waals surface area contributed by atoms with Crippen LogP contribution in [0.3, 0.4) is 0 Å². The van der Waals surface area contributed by atoms with Crippen molar-refractivity contribution in [1.82, 2.24) is 0 Å². The van der Waals surface area contributed by atoms with Gasteiger partial charge >= 0.3 is 0 Å². The minimum absolute atomic E-state index is 1.29. The monoisotopic (exact) mass is 282 g/mol. The molecule has 0 aliphatic heterocycles. The van der Waals surface area contributed by atoms with Crippen molar-refractivity contribution >= 4 is 21.5 Å². The molecule has 0 amide bonds. The zero-order valence-corrected chi connectivity index (χ0v) is 12.9. The van der Waals surface area contributed by atoms with Crippen molar-refractivity contribution in [1.29, 1.82) is 0 Å². The van der Waals surface area contributed by atoms with Gasteiger partial charge < -0.3 is 0 Å². The summed E-state index contributed by atoms with van der Waals surface area (Å²) in [5, 5.41) is 5.31. The lowest BCUT2D eigenvalue weighted by atomic mass is 9.93. The van der Waals surface area contributed by atoms with Gasteiger partial charge in [0, 0.05) is 0 Å². The molecular formula is C22H18. The molecule has 0 saturated carbocycles. The first-order chi connectivity index (χ1) is 10.7. The lowest BCUT2D eigenvalue weighted by Crippen LogP contribution is -1.85. The maximum absolute atomic E-state index is 2.30. The third-order valence-corrected chi connectivity index (χ3v) is 4.55. The van der Waals surface area contributed by atoms with E-state index in [-0.39, 0.29) is 0 Å². The molecule has 4 aromatic rings. The van der Waals surface area contributed by atoms with Gasteiger partial charge in [-0.1, -0.05) is 66.7 Å². The van der Waals surface area contributed by atoms with Crippen molar-refractivity contribution in [2.45, 2.75) is 13.8 Å². The van der Waals surface area contributed by atoms with E-state index in [2.05, 4.69) is 86.6 Å². The van der Waals surface area contributed by atoms with Gasteiger partial charge in [-0.3, -0.25) is 0 Å².